The Hall–Kier alpha value is -3.42. The first-order valence-corrected chi connectivity index (χ1v) is 7.73. The molecular formula is C18H18N2O6. The zero-order valence-corrected chi connectivity index (χ0v) is 14.5. The summed E-state index contributed by atoms with van der Waals surface area (Å²) in [7, 11) is 1.48. The highest BCUT2D eigenvalue weighted by Crippen LogP contribution is 2.23. The molecule has 8 heteroatoms. The minimum absolute atomic E-state index is 0.0940. The normalized spacial score (nSPS) is 11.3. The number of hydrogen-bond donors (Lipinski definition) is 1. The van der Waals surface area contributed by atoms with E-state index in [1.165, 1.54) is 39.2 Å². The molecule has 8 nitrogen and oxygen atoms in total. The molecule has 136 valence electrons. The lowest BCUT2D eigenvalue weighted by Gasteiger charge is -2.15. The van der Waals surface area contributed by atoms with Gasteiger partial charge in [0.25, 0.3) is 11.6 Å². The number of nitro groups is 1. The van der Waals surface area contributed by atoms with Crippen LogP contribution in [0.5, 0.6) is 5.75 Å². The molecule has 0 spiro atoms. The molecule has 0 aliphatic carbocycles. The first-order chi connectivity index (χ1) is 12.3. The summed E-state index contributed by atoms with van der Waals surface area (Å²) in [6.07, 6.45) is -1.07. The molecule has 1 atom stereocenters. The third kappa shape index (κ3) is 4.35. The van der Waals surface area contributed by atoms with Crippen molar-refractivity contribution < 1.29 is 24.0 Å². The average Bonchev–Trinajstić information content (AvgIpc) is 2.61. The number of nitrogens with zero attached hydrogens (tertiary/aromatic N) is 1. The van der Waals surface area contributed by atoms with Crippen LogP contribution in [0.25, 0.3) is 0 Å². The van der Waals surface area contributed by atoms with Gasteiger partial charge in [-0.3, -0.25) is 14.9 Å². The van der Waals surface area contributed by atoms with Crippen LogP contribution in [-0.2, 0) is 9.53 Å². The van der Waals surface area contributed by atoms with E-state index in [1.54, 1.807) is 24.3 Å². The number of anilines is 1. The maximum atomic E-state index is 12.2. The predicted molar refractivity (Wildman–Crippen MR) is 94.3 cm³/mol. The number of esters is 1. The molecule has 0 unspecified atom stereocenters. The summed E-state index contributed by atoms with van der Waals surface area (Å²) in [5.41, 5.74) is 0.818. The summed E-state index contributed by atoms with van der Waals surface area (Å²) in [5, 5.41) is 13.4. The van der Waals surface area contributed by atoms with Crippen molar-refractivity contribution in [2.45, 2.75) is 20.0 Å². The molecule has 26 heavy (non-hydrogen) atoms. The summed E-state index contributed by atoms with van der Waals surface area (Å²) < 4.78 is 10.3. The first kappa shape index (κ1) is 18.9. The number of nitro benzene ring substituents is 1. The molecule has 0 aliphatic heterocycles. The second-order valence-corrected chi connectivity index (χ2v) is 5.50. The van der Waals surface area contributed by atoms with Crippen molar-refractivity contribution in [2.75, 3.05) is 12.4 Å². The number of para-hydroxylation sites is 2. The van der Waals surface area contributed by atoms with Gasteiger partial charge in [0.15, 0.2) is 6.10 Å². The van der Waals surface area contributed by atoms with E-state index in [0.717, 1.165) is 0 Å². The molecule has 0 heterocycles. The van der Waals surface area contributed by atoms with Crippen LogP contribution in [0.15, 0.2) is 42.5 Å². The van der Waals surface area contributed by atoms with Crippen molar-refractivity contribution in [2.24, 2.45) is 0 Å². The monoisotopic (exact) mass is 358 g/mol. The fourth-order valence-electron chi connectivity index (χ4n) is 2.25. The van der Waals surface area contributed by atoms with Crippen LogP contribution in [0.2, 0.25) is 0 Å². The molecule has 1 N–H and O–H groups in total. The topological polar surface area (TPSA) is 108 Å². The van der Waals surface area contributed by atoms with Crippen LogP contribution >= 0.6 is 0 Å². The minimum Gasteiger partial charge on any atom is -0.495 e. The number of hydrogen-bond acceptors (Lipinski definition) is 6. The number of carbonyl (C=O) groups is 2. The lowest BCUT2D eigenvalue weighted by molar-refractivity contribution is -0.385. The number of carbonyl (C=O) groups excluding carboxylic acids is 2. The number of methoxy groups -OCH3 is 1. The van der Waals surface area contributed by atoms with Crippen LogP contribution in [0.3, 0.4) is 0 Å². The Bertz CT molecular complexity index is 849. The molecule has 2 aromatic rings. The predicted octanol–water partition coefficient (Wildman–Crippen LogP) is 3.10. The van der Waals surface area contributed by atoms with Crippen LogP contribution < -0.4 is 10.1 Å². The number of rotatable bonds is 6. The molecule has 0 bridgehead atoms. The highest BCUT2D eigenvalue weighted by atomic mass is 16.6. The van der Waals surface area contributed by atoms with Gasteiger partial charge in [0, 0.05) is 11.6 Å². The maximum absolute atomic E-state index is 12.2. The van der Waals surface area contributed by atoms with Gasteiger partial charge >= 0.3 is 5.97 Å². The third-order valence-corrected chi connectivity index (χ3v) is 3.65. The van der Waals surface area contributed by atoms with E-state index in [1.807, 2.05) is 0 Å². The number of benzene rings is 2. The standard InChI is InChI=1S/C18H18N2O6/c1-11-10-13(8-9-15(11)20(23)24)18(22)26-12(2)17(21)19-14-6-4-5-7-16(14)25-3/h4-10,12H,1-3H3,(H,19,21)/t12-/m1/s1. The van der Waals surface area contributed by atoms with Gasteiger partial charge in [-0.15, -0.1) is 0 Å². The molecule has 0 saturated heterocycles. The highest BCUT2D eigenvalue weighted by Gasteiger charge is 2.21. The highest BCUT2D eigenvalue weighted by molar-refractivity contribution is 5.98. The SMILES string of the molecule is COc1ccccc1NC(=O)[C@@H](C)OC(=O)c1ccc([N+](=O)[O-])c(C)c1. The Morgan fingerprint density at radius 3 is 2.50 bits per heavy atom. The number of ether oxygens (including phenoxy) is 2. The van der Waals surface area contributed by atoms with E-state index in [4.69, 9.17) is 9.47 Å². The number of aryl methyl sites for hydroxylation is 1. The van der Waals surface area contributed by atoms with Crippen molar-refractivity contribution in [3.05, 3.63) is 63.7 Å². The lowest BCUT2D eigenvalue weighted by atomic mass is 10.1. The second-order valence-electron chi connectivity index (χ2n) is 5.50. The van der Waals surface area contributed by atoms with Gasteiger partial charge in [0.05, 0.1) is 23.3 Å². The smallest absolute Gasteiger partial charge is 0.338 e. The number of amides is 1. The lowest BCUT2D eigenvalue weighted by Crippen LogP contribution is -2.30. The van der Waals surface area contributed by atoms with Gasteiger partial charge in [0.1, 0.15) is 5.75 Å². The molecule has 0 radical (unpaired) electrons. The molecule has 0 aromatic heterocycles. The van der Waals surface area contributed by atoms with E-state index in [0.29, 0.717) is 17.0 Å². The summed E-state index contributed by atoms with van der Waals surface area (Å²) in [4.78, 5) is 34.7. The van der Waals surface area contributed by atoms with Crippen molar-refractivity contribution in [1.29, 1.82) is 0 Å². The average molecular weight is 358 g/mol. The molecule has 1 amide bonds. The van der Waals surface area contributed by atoms with Gasteiger partial charge in [-0.25, -0.2) is 4.79 Å². The van der Waals surface area contributed by atoms with E-state index >= 15 is 0 Å². The largest absolute Gasteiger partial charge is 0.495 e. The van der Waals surface area contributed by atoms with Crippen molar-refractivity contribution in [3.8, 4) is 5.75 Å². The Morgan fingerprint density at radius 2 is 1.88 bits per heavy atom. The van der Waals surface area contributed by atoms with Gasteiger partial charge in [0.2, 0.25) is 0 Å². The van der Waals surface area contributed by atoms with E-state index in [9.17, 15) is 19.7 Å². The Labute approximate surface area is 149 Å². The Morgan fingerprint density at radius 1 is 1.19 bits per heavy atom. The molecule has 2 aromatic carbocycles. The van der Waals surface area contributed by atoms with Gasteiger partial charge < -0.3 is 14.8 Å². The summed E-state index contributed by atoms with van der Waals surface area (Å²) in [6, 6.07) is 10.7. The van der Waals surface area contributed by atoms with Gasteiger partial charge in [-0.05, 0) is 38.1 Å². The van der Waals surface area contributed by atoms with Crippen LogP contribution in [-0.4, -0.2) is 30.0 Å². The van der Waals surface area contributed by atoms with Crippen LogP contribution in [0.1, 0.15) is 22.8 Å². The van der Waals surface area contributed by atoms with Crippen molar-refractivity contribution in [1.82, 2.24) is 0 Å². The van der Waals surface area contributed by atoms with Gasteiger partial charge in [-0.2, -0.15) is 0 Å². The van der Waals surface area contributed by atoms with Crippen LogP contribution in [0, 0.1) is 17.0 Å². The fourth-order valence-corrected chi connectivity index (χ4v) is 2.25. The molecule has 0 saturated carbocycles. The Balaban J connectivity index is 2.05. The van der Waals surface area contributed by atoms with E-state index in [2.05, 4.69) is 5.32 Å². The molecule has 0 aliphatic rings. The number of nitrogens with one attached hydrogen (secondary N) is 1. The zero-order valence-electron chi connectivity index (χ0n) is 14.5. The van der Waals surface area contributed by atoms with Crippen LogP contribution in [0.4, 0.5) is 11.4 Å². The summed E-state index contributed by atoms with van der Waals surface area (Å²) in [5.74, 6) is -0.794. The summed E-state index contributed by atoms with van der Waals surface area (Å²) >= 11 is 0. The van der Waals surface area contributed by atoms with E-state index < -0.39 is 22.9 Å². The molecule has 0 fully saturated rings. The van der Waals surface area contributed by atoms with Gasteiger partial charge in [-0.1, -0.05) is 12.1 Å². The molecule has 2 rings (SSSR count). The van der Waals surface area contributed by atoms with E-state index in [-0.39, 0.29) is 11.3 Å². The van der Waals surface area contributed by atoms with Crippen molar-refractivity contribution >= 4 is 23.3 Å². The Kier molecular flexibility index (Phi) is 5.90. The molecular weight excluding hydrogens is 340 g/mol. The first-order valence-electron chi connectivity index (χ1n) is 7.73. The summed E-state index contributed by atoms with van der Waals surface area (Å²) in [6.45, 7) is 2.95. The third-order valence-electron chi connectivity index (χ3n) is 3.65. The maximum Gasteiger partial charge on any atom is 0.338 e. The fraction of sp³-hybridized carbons (Fsp3) is 0.222. The minimum atomic E-state index is -1.07. The quantitative estimate of drug-likeness (QED) is 0.483. The second kappa shape index (κ2) is 8.11. The van der Waals surface area contributed by atoms with Crippen molar-refractivity contribution in [3.63, 3.8) is 0 Å². The zero-order chi connectivity index (χ0) is 19.3.